The smallest absolute Gasteiger partial charge is 0.0977 e. The van der Waals surface area contributed by atoms with Crippen LogP contribution in [0.4, 0.5) is 0 Å². The van der Waals surface area contributed by atoms with Gasteiger partial charge in [-0.1, -0.05) is 23.7 Å². The van der Waals surface area contributed by atoms with E-state index in [-0.39, 0.29) is 30.5 Å². The predicted molar refractivity (Wildman–Crippen MR) is 82.0 cm³/mol. The highest BCUT2D eigenvalue weighted by molar-refractivity contribution is 6.30. The fraction of sp³-hybridized carbons (Fsp3) is 0.625. The van der Waals surface area contributed by atoms with Gasteiger partial charge in [0.05, 0.1) is 24.4 Å². The van der Waals surface area contributed by atoms with Gasteiger partial charge in [0, 0.05) is 11.1 Å². The van der Waals surface area contributed by atoms with E-state index in [1.807, 2.05) is 31.2 Å². The molecule has 1 aliphatic rings. The molecule has 1 aromatic carbocycles. The van der Waals surface area contributed by atoms with Crippen LogP contribution in [0.3, 0.4) is 0 Å². The Morgan fingerprint density at radius 3 is 2.50 bits per heavy atom. The lowest BCUT2D eigenvalue weighted by Gasteiger charge is -2.35. The first-order valence-corrected chi connectivity index (χ1v) is 7.65. The van der Waals surface area contributed by atoms with Crippen LogP contribution in [0.5, 0.6) is 0 Å². The first-order chi connectivity index (χ1) is 9.45. The second-order valence-corrected chi connectivity index (χ2v) is 6.26. The Morgan fingerprint density at radius 2 is 1.95 bits per heavy atom. The van der Waals surface area contributed by atoms with Gasteiger partial charge in [-0.3, -0.25) is 0 Å². The molecule has 2 rings (SSSR count). The molecule has 0 aromatic heterocycles. The third kappa shape index (κ3) is 4.19. The SMILES string of the molecule is CC1CC(OC(c2cccc(Cl)c2)C(C)N)CC(C)O1. The van der Waals surface area contributed by atoms with Gasteiger partial charge < -0.3 is 15.2 Å². The van der Waals surface area contributed by atoms with E-state index >= 15 is 0 Å². The Balaban J connectivity index is 2.10. The second kappa shape index (κ2) is 6.90. The number of hydrogen-bond acceptors (Lipinski definition) is 3. The molecule has 0 saturated carbocycles. The van der Waals surface area contributed by atoms with Crippen molar-refractivity contribution >= 4 is 11.6 Å². The first kappa shape index (κ1) is 15.8. The summed E-state index contributed by atoms with van der Waals surface area (Å²) in [6.07, 6.45) is 2.34. The molecule has 4 atom stereocenters. The molecule has 1 saturated heterocycles. The Labute approximate surface area is 126 Å². The standard InChI is InChI=1S/C16H24ClNO2/c1-10-7-15(8-11(2)19-10)20-16(12(3)18)13-5-4-6-14(17)9-13/h4-6,9-12,15-16H,7-8,18H2,1-3H3. The predicted octanol–water partition coefficient (Wildman–Crippen LogP) is 3.70. The zero-order valence-corrected chi connectivity index (χ0v) is 13.1. The maximum atomic E-state index is 6.27. The van der Waals surface area contributed by atoms with E-state index in [0.29, 0.717) is 5.02 Å². The van der Waals surface area contributed by atoms with Crippen LogP contribution in [-0.4, -0.2) is 24.4 Å². The molecule has 3 nitrogen and oxygen atoms in total. The maximum Gasteiger partial charge on any atom is 0.0977 e. The van der Waals surface area contributed by atoms with Crippen LogP contribution < -0.4 is 5.73 Å². The molecule has 0 aliphatic carbocycles. The number of benzene rings is 1. The molecule has 2 N–H and O–H groups in total. The zero-order chi connectivity index (χ0) is 14.7. The van der Waals surface area contributed by atoms with Crippen LogP contribution >= 0.6 is 11.6 Å². The molecule has 4 unspecified atom stereocenters. The second-order valence-electron chi connectivity index (χ2n) is 5.82. The Bertz CT molecular complexity index is 428. The molecule has 1 heterocycles. The van der Waals surface area contributed by atoms with Crippen molar-refractivity contribution in [2.45, 2.75) is 64.1 Å². The van der Waals surface area contributed by atoms with Gasteiger partial charge in [-0.05, 0) is 51.3 Å². The molecule has 112 valence electrons. The summed E-state index contributed by atoms with van der Waals surface area (Å²) in [4.78, 5) is 0. The molecule has 0 amide bonds. The molecule has 0 bridgehead atoms. The monoisotopic (exact) mass is 297 g/mol. The van der Waals surface area contributed by atoms with E-state index in [1.165, 1.54) is 0 Å². The number of halogens is 1. The molecule has 4 heteroatoms. The topological polar surface area (TPSA) is 44.5 Å². The summed E-state index contributed by atoms with van der Waals surface area (Å²) in [5.74, 6) is 0. The fourth-order valence-corrected chi connectivity index (χ4v) is 3.05. The average molecular weight is 298 g/mol. The molecular weight excluding hydrogens is 274 g/mol. The van der Waals surface area contributed by atoms with E-state index in [9.17, 15) is 0 Å². The van der Waals surface area contributed by atoms with Crippen molar-refractivity contribution in [2.75, 3.05) is 0 Å². The quantitative estimate of drug-likeness (QED) is 0.921. The van der Waals surface area contributed by atoms with Crippen molar-refractivity contribution in [2.24, 2.45) is 5.73 Å². The molecule has 1 aliphatic heterocycles. The van der Waals surface area contributed by atoms with Crippen LogP contribution in [0.1, 0.15) is 45.3 Å². The molecule has 0 spiro atoms. The minimum Gasteiger partial charge on any atom is -0.375 e. The van der Waals surface area contributed by atoms with Crippen molar-refractivity contribution in [1.82, 2.24) is 0 Å². The van der Waals surface area contributed by atoms with Crippen LogP contribution in [0.2, 0.25) is 5.02 Å². The van der Waals surface area contributed by atoms with E-state index in [1.54, 1.807) is 0 Å². The maximum absolute atomic E-state index is 6.27. The van der Waals surface area contributed by atoms with Crippen LogP contribution in [0, 0.1) is 0 Å². The van der Waals surface area contributed by atoms with Gasteiger partial charge in [0.15, 0.2) is 0 Å². The summed E-state index contributed by atoms with van der Waals surface area (Å²) in [5, 5.41) is 0.713. The van der Waals surface area contributed by atoms with Crippen molar-refractivity contribution in [1.29, 1.82) is 0 Å². The summed E-state index contributed by atoms with van der Waals surface area (Å²) in [6.45, 7) is 6.15. The van der Waals surface area contributed by atoms with Gasteiger partial charge in [0.1, 0.15) is 0 Å². The zero-order valence-electron chi connectivity index (χ0n) is 12.4. The summed E-state index contributed by atoms with van der Waals surface area (Å²) in [5.41, 5.74) is 7.15. The lowest BCUT2D eigenvalue weighted by atomic mass is 10.00. The highest BCUT2D eigenvalue weighted by Gasteiger charge is 2.29. The summed E-state index contributed by atoms with van der Waals surface area (Å²) in [7, 11) is 0. The number of rotatable bonds is 4. The lowest BCUT2D eigenvalue weighted by molar-refractivity contribution is -0.126. The lowest BCUT2D eigenvalue weighted by Crippen LogP contribution is -2.37. The Hall–Kier alpha value is -0.610. The third-order valence-electron chi connectivity index (χ3n) is 3.65. The highest BCUT2D eigenvalue weighted by atomic mass is 35.5. The van der Waals surface area contributed by atoms with Gasteiger partial charge in [-0.2, -0.15) is 0 Å². The van der Waals surface area contributed by atoms with E-state index in [0.717, 1.165) is 18.4 Å². The largest absolute Gasteiger partial charge is 0.375 e. The average Bonchev–Trinajstić information content (AvgIpc) is 2.34. The van der Waals surface area contributed by atoms with Crippen molar-refractivity contribution in [3.8, 4) is 0 Å². The molecule has 20 heavy (non-hydrogen) atoms. The van der Waals surface area contributed by atoms with Crippen LogP contribution in [0.25, 0.3) is 0 Å². The number of ether oxygens (including phenoxy) is 2. The summed E-state index contributed by atoms with van der Waals surface area (Å²) in [6, 6.07) is 7.67. The molecule has 1 aromatic rings. The van der Waals surface area contributed by atoms with E-state index in [2.05, 4.69) is 13.8 Å². The van der Waals surface area contributed by atoms with Crippen molar-refractivity contribution in [3.63, 3.8) is 0 Å². The van der Waals surface area contributed by atoms with Gasteiger partial charge in [-0.25, -0.2) is 0 Å². The van der Waals surface area contributed by atoms with Gasteiger partial charge in [-0.15, -0.1) is 0 Å². The summed E-state index contributed by atoms with van der Waals surface area (Å²) >= 11 is 6.07. The summed E-state index contributed by atoms with van der Waals surface area (Å²) < 4.78 is 12.0. The molecule has 0 radical (unpaired) electrons. The Morgan fingerprint density at radius 1 is 1.30 bits per heavy atom. The fourth-order valence-electron chi connectivity index (χ4n) is 2.85. The van der Waals surface area contributed by atoms with Gasteiger partial charge in [0.25, 0.3) is 0 Å². The van der Waals surface area contributed by atoms with Crippen LogP contribution in [0.15, 0.2) is 24.3 Å². The normalized spacial score (nSPS) is 29.9. The van der Waals surface area contributed by atoms with Crippen molar-refractivity contribution < 1.29 is 9.47 Å². The minimum atomic E-state index is -0.129. The van der Waals surface area contributed by atoms with E-state index < -0.39 is 0 Å². The molecular formula is C16H24ClNO2. The highest BCUT2D eigenvalue weighted by Crippen LogP contribution is 2.30. The Kier molecular flexibility index (Phi) is 5.44. The van der Waals surface area contributed by atoms with Gasteiger partial charge in [0.2, 0.25) is 0 Å². The number of hydrogen-bond donors (Lipinski definition) is 1. The van der Waals surface area contributed by atoms with Gasteiger partial charge >= 0.3 is 0 Å². The minimum absolute atomic E-state index is 0.0816. The number of nitrogens with two attached hydrogens (primary N) is 1. The third-order valence-corrected chi connectivity index (χ3v) is 3.88. The first-order valence-electron chi connectivity index (χ1n) is 7.27. The van der Waals surface area contributed by atoms with Crippen molar-refractivity contribution in [3.05, 3.63) is 34.9 Å². The van der Waals surface area contributed by atoms with Crippen LogP contribution in [-0.2, 0) is 9.47 Å². The molecule has 1 fully saturated rings. The van der Waals surface area contributed by atoms with E-state index in [4.69, 9.17) is 26.8 Å².